The fourth-order valence-corrected chi connectivity index (χ4v) is 3.46. The Bertz CT molecular complexity index is 566. The maximum Gasteiger partial charge on any atom is 0.0762 e. The van der Waals surface area contributed by atoms with Crippen LogP contribution in [0.1, 0.15) is 29.7 Å². The van der Waals surface area contributed by atoms with Gasteiger partial charge in [0.25, 0.3) is 0 Å². The Balaban J connectivity index is 2.07. The summed E-state index contributed by atoms with van der Waals surface area (Å²) in [4.78, 5) is 1.20. The average Bonchev–Trinajstić information content (AvgIpc) is 2.37. The minimum absolute atomic E-state index is 0.424. The van der Waals surface area contributed by atoms with E-state index >= 15 is 0 Å². The molecule has 1 nitrogen and oxygen atoms in total. The molecule has 19 heavy (non-hydrogen) atoms. The van der Waals surface area contributed by atoms with Crippen LogP contribution in [-0.2, 0) is 5.75 Å². The molecule has 0 spiro atoms. The quantitative estimate of drug-likeness (QED) is 0.783. The molecule has 0 aliphatic carbocycles. The highest BCUT2D eigenvalue weighted by molar-refractivity contribution is 9.10. The lowest BCUT2D eigenvalue weighted by molar-refractivity contribution is 0.199. The minimum atomic E-state index is -0.424. The first-order chi connectivity index (χ1) is 9.06. The third kappa shape index (κ3) is 4.10. The van der Waals surface area contributed by atoms with Crippen molar-refractivity contribution < 1.29 is 5.11 Å². The van der Waals surface area contributed by atoms with Crippen molar-refractivity contribution in [2.75, 3.05) is 0 Å². The first-order valence-electron chi connectivity index (χ1n) is 6.22. The molecule has 0 bridgehead atoms. The third-order valence-corrected chi connectivity index (χ3v) is 4.98. The van der Waals surface area contributed by atoms with Crippen molar-refractivity contribution in [1.29, 1.82) is 0 Å². The van der Waals surface area contributed by atoms with Gasteiger partial charge in [0.15, 0.2) is 0 Å². The number of hydrogen-bond donors (Lipinski definition) is 1. The molecule has 100 valence electrons. The Morgan fingerprint density at radius 2 is 2.00 bits per heavy atom. The minimum Gasteiger partial charge on any atom is -0.389 e. The number of aryl methyl sites for hydroxylation is 1. The fourth-order valence-electron chi connectivity index (χ4n) is 1.86. The second-order valence-corrected chi connectivity index (χ2v) is 6.52. The van der Waals surface area contributed by atoms with Crippen LogP contribution >= 0.6 is 27.7 Å². The Hall–Kier alpha value is -0.770. The van der Waals surface area contributed by atoms with Crippen LogP contribution in [0, 0.1) is 6.92 Å². The predicted octanol–water partition coefficient (Wildman–Crippen LogP) is 5.10. The molecule has 0 fully saturated rings. The summed E-state index contributed by atoms with van der Waals surface area (Å²) in [5, 5.41) is 9.55. The van der Waals surface area contributed by atoms with Crippen LogP contribution in [0.2, 0.25) is 0 Å². The average molecular weight is 337 g/mol. The maximum atomic E-state index is 9.55. The largest absolute Gasteiger partial charge is 0.389 e. The summed E-state index contributed by atoms with van der Waals surface area (Å²) < 4.78 is 1.04. The Morgan fingerprint density at radius 3 is 2.63 bits per heavy atom. The van der Waals surface area contributed by atoms with E-state index in [0.29, 0.717) is 0 Å². The van der Waals surface area contributed by atoms with Gasteiger partial charge in [0.2, 0.25) is 0 Å². The van der Waals surface area contributed by atoms with Gasteiger partial charge in [-0.2, -0.15) is 0 Å². The molecule has 0 amide bonds. The van der Waals surface area contributed by atoms with E-state index in [9.17, 15) is 5.11 Å². The third-order valence-electron chi connectivity index (χ3n) is 2.92. The van der Waals surface area contributed by atoms with Gasteiger partial charge >= 0.3 is 0 Å². The summed E-state index contributed by atoms with van der Waals surface area (Å²) in [6, 6.07) is 14.6. The van der Waals surface area contributed by atoms with Crippen LogP contribution in [0.15, 0.2) is 51.8 Å². The molecule has 1 atom stereocenters. The highest BCUT2D eigenvalue weighted by Crippen LogP contribution is 2.32. The zero-order valence-electron chi connectivity index (χ0n) is 11.1. The smallest absolute Gasteiger partial charge is 0.0762 e. The van der Waals surface area contributed by atoms with E-state index in [2.05, 4.69) is 53.2 Å². The molecule has 0 aliphatic rings. The molecule has 0 saturated heterocycles. The highest BCUT2D eigenvalue weighted by Gasteiger charge is 2.06. The zero-order valence-corrected chi connectivity index (χ0v) is 13.5. The number of rotatable bonds is 4. The van der Waals surface area contributed by atoms with Gasteiger partial charge in [0.05, 0.1) is 6.10 Å². The van der Waals surface area contributed by atoms with Gasteiger partial charge in [0.1, 0.15) is 0 Å². The second kappa shape index (κ2) is 6.60. The van der Waals surface area contributed by atoms with E-state index in [-0.39, 0.29) is 0 Å². The molecule has 0 saturated carbocycles. The first kappa shape index (κ1) is 14.6. The molecule has 3 heteroatoms. The van der Waals surface area contributed by atoms with Crippen molar-refractivity contribution in [3.63, 3.8) is 0 Å². The number of aliphatic hydroxyl groups is 1. The van der Waals surface area contributed by atoms with Gasteiger partial charge in [-0.3, -0.25) is 0 Å². The lowest BCUT2D eigenvalue weighted by Gasteiger charge is -2.09. The van der Waals surface area contributed by atoms with E-state index in [1.165, 1.54) is 16.0 Å². The van der Waals surface area contributed by atoms with E-state index in [1.54, 1.807) is 18.7 Å². The highest BCUT2D eigenvalue weighted by atomic mass is 79.9. The second-order valence-electron chi connectivity index (χ2n) is 4.64. The molecule has 0 unspecified atom stereocenters. The number of aliphatic hydroxyl groups excluding tert-OH is 1. The molecule has 2 aromatic rings. The van der Waals surface area contributed by atoms with E-state index in [0.717, 1.165) is 15.8 Å². The molecule has 0 heterocycles. The van der Waals surface area contributed by atoms with Crippen LogP contribution in [-0.4, -0.2) is 5.11 Å². The van der Waals surface area contributed by atoms with Gasteiger partial charge in [-0.25, -0.2) is 0 Å². The lowest BCUT2D eigenvalue weighted by atomic mass is 10.1. The summed E-state index contributed by atoms with van der Waals surface area (Å²) in [5.41, 5.74) is 3.56. The Morgan fingerprint density at radius 1 is 1.21 bits per heavy atom. The van der Waals surface area contributed by atoms with Crippen LogP contribution in [0.3, 0.4) is 0 Å². The van der Waals surface area contributed by atoms with Crippen molar-refractivity contribution >= 4 is 27.7 Å². The standard InChI is InChI=1S/C16H17BrOS/c1-11-4-3-5-13(8-11)10-19-16-7-6-14(12(2)18)9-15(16)17/h3-9,12,18H,10H2,1-2H3/t12-/m0/s1. The number of hydrogen-bond acceptors (Lipinski definition) is 2. The van der Waals surface area contributed by atoms with Gasteiger partial charge < -0.3 is 5.11 Å². The monoisotopic (exact) mass is 336 g/mol. The summed E-state index contributed by atoms with van der Waals surface area (Å²) in [7, 11) is 0. The number of benzene rings is 2. The lowest BCUT2D eigenvalue weighted by Crippen LogP contribution is -1.91. The van der Waals surface area contributed by atoms with Crippen molar-refractivity contribution in [3.8, 4) is 0 Å². The normalized spacial score (nSPS) is 12.4. The molecule has 1 N–H and O–H groups in total. The molecular weight excluding hydrogens is 320 g/mol. The topological polar surface area (TPSA) is 20.2 Å². The van der Waals surface area contributed by atoms with Gasteiger partial charge in [-0.15, -0.1) is 11.8 Å². The molecular formula is C16H17BrOS. The van der Waals surface area contributed by atoms with Crippen molar-refractivity contribution in [2.45, 2.75) is 30.6 Å². The molecule has 0 radical (unpaired) electrons. The van der Waals surface area contributed by atoms with Crippen LogP contribution in [0.4, 0.5) is 0 Å². The van der Waals surface area contributed by atoms with Crippen LogP contribution < -0.4 is 0 Å². The zero-order chi connectivity index (χ0) is 13.8. The van der Waals surface area contributed by atoms with E-state index in [1.807, 2.05) is 12.1 Å². The number of thioether (sulfide) groups is 1. The van der Waals surface area contributed by atoms with Crippen molar-refractivity contribution in [3.05, 3.63) is 63.6 Å². The van der Waals surface area contributed by atoms with Crippen molar-refractivity contribution in [1.82, 2.24) is 0 Å². The maximum absolute atomic E-state index is 9.55. The summed E-state index contributed by atoms with van der Waals surface area (Å²) >= 11 is 5.37. The first-order valence-corrected chi connectivity index (χ1v) is 8.00. The Labute approximate surface area is 127 Å². The Kier molecular flexibility index (Phi) is 5.08. The molecule has 2 rings (SSSR count). The van der Waals surface area contributed by atoms with Crippen molar-refractivity contribution in [2.24, 2.45) is 0 Å². The molecule has 2 aromatic carbocycles. The summed E-state index contributed by atoms with van der Waals surface area (Å²) in [6.07, 6.45) is -0.424. The van der Waals surface area contributed by atoms with Gasteiger partial charge in [0, 0.05) is 15.1 Å². The van der Waals surface area contributed by atoms with Crippen LogP contribution in [0.25, 0.3) is 0 Å². The summed E-state index contributed by atoms with van der Waals surface area (Å²) in [6.45, 7) is 3.89. The van der Waals surface area contributed by atoms with Gasteiger partial charge in [-0.05, 0) is 53.0 Å². The molecule has 0 aromatic heterocycles. The SMILES string of the molecule is Cc1cccc(CSc2ccc([C@H](C)O)cc2Br)c1. The summed E-state index contributed by atoms with van der Waals surface area (Å²) in [5.74, 6) is 0.953. The fraction of sp³-hybridized carbons (Fsp3) is 0.250. The van der Waals surface area contributed by atoms with Gasteiger partial charge in [-0.1, -0.05) is 35.9 Å². The van der Waals surface area contributed by atoms with E-state index < -0.39 is 6.10 Å². The van der Waals surface area contributed by atoms with Crippen LogP contribution in [0.5, 0.6) is 0 Å². The number of halogens is 1. The van der Waals surface area contributed by atoms with E-state index in [4.69, 9.17) is 0 Å². The molecule has 0 aliphatic heterocycles. The predicted molar refractivity (Wildman–Crippen MR) is 85.5 cm³/mol.